The van der Waals surface area contributed by atoms with Crippen molar-refractivity contribution in [3.8, 4) is 0 Å². The predicted molar refractivity (Wildman–Crippen MR) is 90.8 cm³/mol. The molecule has 0 aromatic rings. The maximum Gasteiger partial charge on any atom is 0.331 e. The molecular formula is C20H30O3. The number of rotatable bonds is 4. The lowest BCUT2D eigenvalue weighted by molar-refractivity contribution is -0.134. The number of aliphatic hydroxyl groups excluding tert-OH is 1. The molecule has 0 aromatic heterocycles. The van der Waals surface area contributed by atoms with Gasteiger partial charge in [-0.25, -0.2) is 4.79 Å². The number of carbonyl (C=O) groups is 1. The third-order valence-electron chi connectivity index (χ3n) is 6.98. The molecule has 3 nitrogen and oxygen atoms in total. The Kier molecular flexibility index (Phi) is 4.43. The molecule has 1 N–H and O–H groups in total. The molecule has 3 rings (SSSR count). The number of aliphatic hydroxyl groups is 1. The molecule has 0 aromatic carbocycles. The Bertz CT molecular complexity index is 535. The molecule has 2 aliphatic carbocycles. The Hall–Kier alpha value is -1.09. The summed E-state index contributed by atoms with van der Waals surface area (Å²) in [6.45, 7) is 9.83. The highest BCUT2D eigenvalue weighted by Crippen LogP contribution is 2.61. The van der Waals surface area contributed by atoms with E-state index in [0.29, 0.717) is 25.0 Å². The molecule has 3 heteroatoms. The van der Waals surface area contributed by atoms with Crippen molar-refractivity contribution in [1.82, 2.24) is 0 Å². The summed E-state index contributed by atoms with van der Waals surface area (Å²) in [5.74, 6) is 0.862. The highest BCUT2D eigenvalue weighted by molar-refractivity contribution is 5.85. The molecule has 0 saturated heterocycles. The zero-order valence-electron chi connectivity index (χ0n) is 14.6. The van der Waals surface area contributed by atoms with Gasteiger partial charge in [0.25, 0.3) is 0 Å². The van der Waals surface area contributed by atoms with E-state index >= 15 is 0 Å². The van der Waals surface area contributed by atoms with E-state index in [1.807, 2.05) is 0 Å². The molecule has 1 aliphatic heterocycles. The highest BCUT2D eigenvalue weighted by atomic mass is 16.5. The second-order valence-electron chi connectivity index (χ2n) is 8.42. The maximum atomic E-state index is 11.2. The van der Waals surface area contributed by atoms with Crippen molar-refractivity contribution in [3.63, 3.8) is 0 Å². The molecule has 0 radical (unpaired) electrons. The summed E-state index contributed by atoms with van der Waals surface area (Å²) in [4.78, 5) is 11.2. The van der Waals surface area contributed by atoms with Gasteiger partial charge in [-0.05, 0) is 66.8 Å². The van der Waals surface area contributed by atoms with Crippen LogP contribution in [-0.2, 0) is 9.53 Å². The van der Waals surface area contributed by atoms with Crippen LogP contribution in [0.2, 0.25) is 0 Å². The number of allylic oxidation sites excluding steroid dienone is 1. The average Bonchev–Trinajstić information content (AvgIpc) is 2.92. The van der Waals surface area contributed by atoms with Crippen molar-refractivity contribution >= 4 is 5.97 Å². The van der Waals surface area contributed by atoms with E-state index in [0.717, 1.165) is 37.7 Å². The molecular weight excluding hydrogens is 288 g/mol. The van der Waals surface area contributed by atoms with Gasteiger partial charge in [0.15, 0.2) is 0 Å². The Morgan fingerprint density at radius 1 is 1.39 bits per heavy atom. The summed E-state index contributed by atoms with van der Waals surface area (Å²) in [6.07, 6.45) is 9.43. The van der Waals surface area contributed by atoms with E-state index in [4.69, 9.17) is 4.74 Å². The number of carbonyl (C=O) groups excluding carboxylic acids is 1. The molecule has 128 valence electrons. The van der Waals surface area contributed by atoms with Gasteiger partial charge in [0.2, 0.25) is 0 Å². The van der Waals surface area contributed by atoms with E-state index in [2.05, 4.69) is 20.4 Å². The van der Waals surface area contributed by atoms with Gasteiger partial charge >= 0.3 is 5.97 Å². The van der Waals surface area contributed by atoms with Gasteiger partial charge in [-0.1, -0.05) is 32.4 Å². The Morgan fingerprint density at radius 3 is 2.83 bits per heavy atom. The molecule has 1 heterocycles. The molecule has 0 unspecified atom stereocenters. The first-order valence-electron chi connectivity index (χ1n) is 9.04. The van der Waals surface area contributed by atoms with Crippen LogP contribution in [0.3, 0.4) is 0 Å². The van der Waals surface area contributed by atoms with Crippen LogP contribution in [0.1, 0.15) is 58.8 Å². The lowest BCUT2D eigenvalue weighted by atomic mass is 9.47. The lowest BCUT2D eigenvalue weighted by Crippen LogP contribution is -2.51. The largest absolute Gasteiger partial charge is 0.458 e. The normalized spacial score (nSPS) is 40.6. The Balaban J connectivity index is 1.78. The van der Waals surface area contributed by atoms with Crippen LogP contribution < -0.4 is 0 Å². The van der Waals surface area contributed by atoms with Crippen LogP contribution in [0, 0.1) is 22.7 Å². The van der Waals surface area contributed by atoms with Crippen molar-refractivity contribution in [2.75, 3.05) is 13.2 Å². The average molecular weight is 318 g/mol. The minimum Gasteiger partial charge on any atom is -0.458 e. The van der Waals surface area contributed by atoms with Crippen LogP contribution in [0.15, 0.2) is 23.8 Å². The summed E-state index contributed by atoms with van der Waals surface area (Å²) < 4.78 is 5.03. The van der Waals surface area contributed by atoms with Crippen LogP contribution in [-0.4, -0.2) is 24.3 Å². The Morgan fingerprint density at radius 2 is 2.17 bits per heavy atom. The van der Waals surface area contributed by atoms with E-state index in [-0.39, 0.29) is 16.8 Å². The Labute approximate surface area is 139 Å². The van der Waals surface area contributed by atoms with Gasteiger partial charge in [-0.15, -0.1) is 0 Å². The van der Waals surface area contributed by atoms with E-state index in [9.17, 15) is 9.90 Å². The van der Waals surface area contributed by atoms with Gasteiger partial charge in [0, 0.05) is 12.7 Å². The number of esters is 1. The number of cyclic esters (lactones) is 1. The van der Waals surface area contributed by atoms with Gasteiger partial charge in [-0.3, -0.25) is 0 Å². The first-order valence-corrected chi connectivity index (χ1v) is 9.04. The third kappa shape index (κ3) is 2.88. The molecule has 2 fully saturated rings. The van der Waals surface area contributed by atoms with Crippen LogP contribution in [0.25, 0.3) is 0 Å². The quantitative estimate of drug-likeness (QED) is 0.629. The molecule has 4 atom stereocenters. The summed E-state index contributed by atoms with van der Waals surface area (Å²) in [6, 6.07) is 0. The zero-order valence-corrected chi connectivity index (χ0v) is 14.6. The van der Waals surface area contributed by atoms with E-state index < -0.39 is 0 Å². The highest BCUT2D eigenvalue weighted by Gasteiger charge is 2.54. The van der Waals surface area contributed by atoms with Gasteiger partial charge < -0.3 is 9.84 Å². The number of ether oxygens (including phenoxy) is 1. The zero-order chi connectivity index (χ0) is 16.7. The van der Waals surface area contributed by atoms with Crippen molar-refractivity contribution in [2.24, 2.45) is 22.7 Å². The fraction of sp³-hybridized carbons (Fsp3) is 0.750. The molecule has 0 spiro atoms. The van der Waals surface area contributed by atoms with Crippen molar-refractivity contribution in [3.05, 3.63) is 23.8 Å². The van der Waals surface area contributed by atoms with Crippen molar-refractivity contribution in [2.45, 2.75) is 58.8 Å². The standard InChI is InChI=1S/C20H30O3/c1-14-5-8-17-19(2,13-21)9-4-10-20(17,3)16(14)7-6-15-11-18(22)23-12-15/h11,16-17,21H,1,4-10,12-13H2,2-3H3/t16-,17+,19+,20+/m0/s1. The topological polar surface area (TPSA) is 46.5 Å². The van der Waals surface area contributed by atoms with Gasteiger partial charge in [0.1, 0.15) is 6.61 Å². The summed E-state index contributed by atoms with van der Waals surface area (Å²) >= 11 is 0. The van der Waals surface area contributed by atoms with E-state index in [1.54, 1.807) is 6.08 Å². The smallest absolute Gasteiger partial charge is 0.331 e. The summed E-state index contributed by atoms with van der Waals surface area (Å²) in [5, 5.41) is 10.0. The fourth-order valence-corrected chi connectivity index (χ4v) is 5.69. The van der Waals surface area contributed by atoms with Crippen LogP contribution in [0.4, 0.5) is 0 Å². The minimum atomic E-state index is -0.197. The number of fused-ring (bicyclic) bond motifs is 1. The molecule has 3 aliphatic rings. The van der Waals surface area contributed by atoms with Gasteiger partial charge in [0.05, 0.1) is 0 Å². The van der Waals surface area contributed by atoms with Crippen molar-refractivity contribution in [1.29, 1.82) is 0 Å². The fourth-order valence-electron chi connectivity index (χ4n) is 5.69. The van der Waals surface area contributed by atoms with Gasteiger partial charge in [-0.2, -0.15) is 0 Å². The maximum absolute atomic E-state index is 11.2. The van der Waals surface area contributed by atoms with E-state index in [1.165, 1.54) is 18.4 Å². The van der Waals surface area contributed by atoms with Crippen LogP contribution in [0.5, 0.6) is 0 Å². The minimum absolute atomic E-state index is 0.0532. The number of hydrogen-bond acceptors (Lipinski definition) is 3. The summed E-state index contributed by atoms with van der Waals surface area (Å²) in [5.41, 5.74) is 2.78. The first-order chi connectivity index (χ1) is 10.9. The molecule has 2 saturated carbocycles. The molecule has 0 amide bonds. The first kappa shape index (κ1) is 16.8. The lowest BCUT2D eigenvalue weighted by Gasteiger charge is -2.58. The van der Waals surface area contributed by atoms with Crippen molar-refractivity contribution < 1.29 is 14.6 Å². The summed E-state index contributed by atoms with van der Waals surface area (Å²) in [7, 11) is 0. The third-order valence-corrected chi connectivity index (χ3v) is 6.98. The second-order valence-corrected chi connectivity index (χ2v) is 8.42. The number of hydrogen-bond donors (Lipinski definition) is 1. The monoisotopic (exact) mass is 318 g/mol. The predicted octanol–water partition coefficient (Wildman–Crippen LogP) is 4.02. The SMILES string of the molecule is C=C1CC[C@@H]2[C@@](C)(CO)CCC[C@]2(C)[C@H]1CCC1=CC(=O)OC1. The second kappa shape index (κ2) is 6.08. The molecule has 0 bridgehead atoms. The van der Waals surface area contributed by atoms with Crippen LogP contribution >= 0.6 is 0 Å². The molecule has 23 heavy (non-hydrogen) atoms.